The van der Waals surface area contributed by atoms with Gasteiger partial charge in [-0.3, -0.25) is 4.90 Å². The van der Waals surface area contributed by atoms with E-state index in [1.165, 1.54) is 0 Å². The molecule has 4 unspecified atom stereocenters. The highest BCUT2D eigenvalue weighted by molar-refractivity contribution is 5.14. The van der Waals surface area contributed by atoms with Crippen LogP contribution in [0.25, 0.3) is 0 Å². The molecule has 2 aromatic carbocycles. The van der Waals surface area contributed by atoms with Gasteiger partial charge in [-0.2, -0.15) is 0 Å². The SMILES string of the molecule is CCCCN1CC(O)C(O)C(OCc2ccccc2)C1COCc1ccccc1. The van der Waals surface area contributed by atoms with Crippen LogP contribution in [0.2, 0.25) is 0 Å². The zero-order chi connectivity index (χ0) is 20.5. The van der Waals surface area contributed by atoms with Gasteiger partial charge in [0.2, 0.25) is 0 Å². The van der Waals surface area contributed by atoms with Crippen molar-refractivity contribution < 1.29 is 19.7 Å². The van der Waals surface area contributed by atoms with E-state index in [4.69, 9.17) is 9.47 Å². The number of unbranched alkanes of at least 4 members (excludes halogenated alkanes) is 1. The number of rotatable bonds is 10. The van der Waals surface area contributed by atoms with E-state index in [0.29, 0.717) is 26.4 Å². The van der Waals surface area contributed by atoms with E-state index in [-0.39, 0.29) is 6.04 Å². The quantitative estimate of drug-likeness (QED) is 0.643. The van der Waals surface area contributed by atoms with Crippen molar-refractivity contribution in [3.8, 4) is 0 Å². The smallest absolute Gasteiger partial charge is 0.109 e. The molecule has 0 spiro atoms. The van der Waals surface area contributed by atoms with Gasteiger partial charge in [0.15, 0.2) is 0 Å². The van der Waals surface area contributed by atoms with Gasteiger partial charge in [0.1, 0.15) is 12.2 Å². The molecule has 0 bridgehead atoms. The van der Waals surface area contributed by atoms with Crippen LogP contribution in [0.4, 0.5) is 0 Å². The van der Waals surface area contributed by atoms with E-state index in [9.17, 15) is 10.2 Å². The van der Waals surface area contributed by atoms with Crippen molar-refractivity contribution in [2.75, 3.05) is 19.7 Å². The first kappa shape index (κ1) is 21.9. The summed E-state index contributed by atoms with van der Waals surface area (Å²) < 4.78 is 12.2. The summed E-state index contributed by atoms with van der Waals surface area (Å²) in [6, 6.07) is 19.9. The Morgan fingerprint density at radius 2 is 1.55 bits per heavy atom. The Labute approximate surface area is 173 Å². The van der Waals surface area contributed by atoms with Crippen LogP contribution in [-0.2, 0) is 22.7 Å². The minimum absolute atomic E-state index is 0.104. The number of hydrogen-bond donors (Lipinski definition) is 2. The van der Waals surface area contributed by atoms with Crippen molar-refractivity contribution in [1.29, 1.82) is 0 Å². The number of likely N-dealkylation sites (tertiary alicyclic amines) is 1. The van der Waals surface area contributed by atoms with Gasteiger partial charge in [0.25, 0.3) is 0 Å². The van der Waals surface area contributed by atoms with Crippen molar-refractivity contribution in [2.45, 2.75) is 57.3 Å². The Morgan fingerprint density at radius 3 is 2.17 bits per heavy atom. The number of aliphatic hydroxyl groups is 2. The molecule has 0 aliphatic carbocycles. The van der Waals surface area contributed by atoms with Gasteiger partial charge in [0, 0.05) is 6.54 Å². The number of piperidine rings is 1. The van der Waals surface area contributed by atoms with Crippen molar-refractivity contribution in [3.05, 3.63) is 71.8 Å². The molecule has 2 N–H and O–H groups in total. The lowest BCUT2D eigenvalue weighted by Crippen LogP contribution is -2.63. The first-order chi connectivity index (χ1) is 14.2. The molecule has 5 nitrogen and oxygen atoms in total. The van der Waals surface area contributed by atoms with E-state index in [1.54, 1.807) is 0 Å². The number of β-amino-alcohol motifs (C(OH)–C–C–N with tert-alkyl or cyclic N) is 1. The summed E-state index contributed by atoms with van der Waals surface area (Å²) >= 11 is 0. The molecule has 0 radical (unpaired) electrons. The van der Waals surface area contributed by atoms with Crippen molar-refractivity contribution in [1.82, 2.24) is 4.90 Å². The summed E-state index contributed by atoms with van der Waals surface area (Å²) in [5.41, 5.74) is 2.16. The van der Waals surface area contributed by atoms with Crippen LogP contribution in [-0.4, -0.2) is 59.2 Å². The summed E-state index contributed by atoms with van der Waals surface area (Å²) in [6.07, 6.45) is -0.155. The van der Waals surface area contributed by atoms with Gasteiger partial charge in [-0.1, -0.05) is 74.0 Å². The fraction of sp³-hybridized carbons (Fsp3) is 0.500. The molecule has 0 aromatic heterocycles. The third-order valence-corrected chi connectivity index (χ3v) is 5.48. The second-order valence-electron chi connectivity index (χ2n) is 7.74. The van der Waals surface area contributed by atoms with Crippen LogP contribution >= 0.6 is 0 Å². The van der Waals surface area contributed by atoms with Crippen molar-refractivity contribution in [3.63, 3.8) is 0 Å². The molecule has 29 heavy (non-hydrogen) atoms. The van der Waals surface area contributed by atoms with Crippen LogP contribution in [0.5, 0.6) is 0 Å². The predicted molar refractivity (Wildman–Crippen MR) is 113 cm³/mol. The Morgan fingerprint density at radius 1 is 0.931 bits per heavy atom. The molecule has 1 fully saturated rings. The normalized spacial score (nSPS) is 25.2. The van der Waals surface area contributed by atoms with Gasteiger partial charge in [-0.15, -0.1) is 0 Å². The Balaban J connectivity index is 1.68. The van der Waals surface area contributed by atoms with Gasteiger partial charge in [-0.25, -0.2) is 0 Å². The molecule has 3 rings (SSSR count). The first-order valence-corrected chi connectivity index (χ1v) is 10.6. The molecule has 0 amide bonds. The highest BCUT2D eigenvalue weighted by Gasteiger charge is 2.42. The molecule has 1 aliphatic rings. The minimum Gasteiger partial charge on any atom is -0.389 e. The Hall–Kier alpha value is -1.76. The van der Waals surface area contributed by atoms with Crippen LogP contribution in [0.3, 0.4) is 0 Å². The first-order valence-electron chi connectivity index (χ1n) is 10.6. The molecule has 158 valence electrons. The van der Waals surface area contributed by atoms with Crippen LogP contribution in [0.15, 0.2) is 60.7 Å². The van der Waals surface area contributed by atoms with Crippen LogP contribution < -0.4 is 0 Å². The standard InChI is InChI=1S/C24H33NO4/c1-2-3-14-25-15-22(26)23(27)24(29-17-20-12-8-5-9-13-20)21(25)18-28-16-19-10-6-4-7-11-19/h4-13,21-24,26-27H,2-3,14-18H2,1H3. The summed E-state index contributed by atoms with van der Waals surface area (Å²) in [5, 5.41) is 21.1. The monoisotopic (exact) mass is 399 g/mol. The average molecular weight is 400 g/mol. The Kier molecular flexibility index (Phi) is 8.65. The molecule has 0 saturated carbocycles. The molecule has 4 atom stereocenters. The van der Waals surface area contributed by atoms with E-state index < -0.39 is 18.3 Å². The highest BCUT2D eigenvalue weighted by atomic mass is 16.5. The predicted octanol–water partition coefficient (Wildman–Crippen LogP) is 2.99. The second-order valence-corrected chi connectivity index (χ2v) is 7.74. The lowest BCUT2D eigenvalue weighted by Gasteiger charge is -2.45. The average Bonchev–Trinajstić information content (AvgIpc) is 2.76. The number of nitrogens with zero attached hydrogens (tertiary/aromatic N) is 1. The van der Waals surface area contributed by atoms with E-state index in [2.05, 4.69) is 11.8 Å². The summed E-state index contributed by atoms with van der Waals surface area (Å²) in [5.74, 6) is 0. The third-order valence-electron chi connectivity index (χ3n) is 5.48. The van der Waals surface area contributed by atoms with Gasteiger partial charge >= 0.3 is 0 Å². The summed E-state index contributed by atoms with van der Waals surface area (Å²) in [6.45, 7) is 4.80. The second kappa shape index (κ2) is 11.4. The van der Waals surface area contributed by atoms with Crippen molar-refractivity contribution >= 4 is 0 Å². The topological polar surface area (TPSA) is 62.2 Å². The van der Waals surface area contributed by atoms with Crippen molar-refractivity contribution in [2.24, 2.45) is 0 Å². The molecule has 2 aromatic rings. The third kappa shape index (κ3) is 6.36. The number of hydrogen-bond acceptors (Lipinski definition) is 5. The molecular weight excluding hydrogens is 366 g/mol. The highest BCUT2D eigenvalue weighted by Crippen LogP contribution is 2.24. The number of benzene rings is 2. The minimum atomic E-state index is -0.929. The maximum Gasteiger partial charge on any atom is 0.109 e. The van der Waals surface area contributed by atoms with Crippen LogP contribution in [0, 0.1) is 0 Å². The van der Waals surface area contributed by atoms with E-state index >= 15 is 0 Å². The molecule has 1 saturated heterocycles. The molecule has 1 heterocycles. The lowest BCUT2D eigenvalue weighted by molar-refractivity contribution is -0.175. The van der Waals surface area contributed by atoms with Gasteiger partial charge in [0.05, 0.1) is 32.0 Å². The lowest BCUT2D eigenvalue weighted by atomic mass is 9.93. The number of aliphatic hydroxyl groups excluding tert-OH is 2. The summed E-state index contributed by atoms with van der Waals surface area (Å²) in [7, 11) is 0. The maximum absolute atomic E-state index is 10.7. The summed E-state index contributed by atoms with van der Waals surface area (Å²) in [4.78, 5) is 2.21. The zero-order valence-corrected chi connectivity index (χ0v) is 17.2. The largest absolute Gasteiger partial charge is 0.389 e. The number of ether oxygens (including phenoxy) is 2. The molecule has 5 heteroatoms. The Bertz CT molecular complexity index is 697. The molecular formula is C24H33NO4. The van der Waals surface area contributed by atoms with Crippen LogP contribution in [0.1, 0.15) is 30.9 Å². The fourth-order valence-corrected chi connectivity index (χ4v) is 3.80. The van der Waals surface area contributed by atoms with E-state index in [1.807, 2.05) is 60.7 Å². The molecule has 1 aliphatic heterocycles. The maximum atomic E-state index is 10.7. The van der Waals surface area contributed by atoms with Gasteiger partial charge < -0.3 is 19.7 Å². The fourth-order valence-electron chi connectivity index (χ4n) is 3.80. The van der Waals surface area contributed by atoms with Gasteiger partial charge in [-0.05, 0) is 24.1 Å². The van der Waals surface area contributed by atoms with E-state index in [0.717, 1.165) is 30.5 Å². The zero-order valence-electron chi connectivity index (χ0n) is 17.2.